The largest absolute Gasteiger partial charge is 0.465 e. The van der Waals surface area contributed by atoms with Crippen molar-refractivity contribution in [2.45, 2.75) is 64.8 Å². The number of amides is 1. The second-order valence-electron chi connectivity index (χ2n) is 5.82. The summed E-state index contributed by atoms with van der Waals surface area (Å²) in [4.78, 5) is 14.7. The van der Waals surface area contributed by atoms with Crippen LogP contribution in [0.3, 0.4) is 0 Å². The van der Waals surface area contributed by atoms with E-state index in [4.69, 9.17) is 4.42 Å². The molecule has 0 bridgehead atoms. The van der Waals surface area contributed by atoms with Gasteiger partial charge in [-0.1, -0.05) is 32.1 Å². The number of hydrogen-bond donors (Lipinski definition) is 0. The quantitative estimate of drug-likeness (QED) is 0.770. The van der Waals surface area contributed by atoms with Crippen molar-refractivity contribution in [3.8, 4) is 0 Å². The van der Waals surface area contributed by atoms with Crippen molar-refractivity contribution in [2.24, 2.45) is 0 Å². The third-order valence-electron chi connectivity index (χ3n) is 4.34. The third-order valence-corrected chi connectivity index (χ3v) is 5.30. The maximum absolute atomic E-state index is 12.7. The predicted molar refractivity (Wildman–Crippen MR) is 84.1 cm³/mol. The molecule has 2 rings (SSSR count). The Kier molecular flexibility index (Phi) is 5.30. The van der Waals surface area contributed by atoms with E-state index in [9.17, 15) is 4.79 Å². The molecule has 0 unspecified atom stereocenters. The van der Waals surface area contributed by atoms with Gasteiger partial charge in [-0.25, -0.2) is 0 Å². The lowest BCUT2D eigenvalue weighted by atomic mass is 9.95. The molecule has 3 nitrogen and oxygen atoms in total. The Hall–Kier alpha value is -0.770. The lowest BCUT2D eigenvalue weighted by Crippen LogP contribution is -2.37. The van der Waals surface area contributed by atoms with Crippen molar-refractivity contribution in [2.75, 3.05) is 7.05 Å². The molecule has 4 heteroatoms. The summed E-state index contributed by atoms with van der Waals surface area (Å²) in [6, 6.07) is 0.365. The summed E-state index contributed by atoms with van der Waals surface area (Å²) in [6.07, 6.45) is 8.64. The topological polar surface area (TPSA) is 33.5 Å². The van der Waals surface area contributed by atoms with Crippen molar-refractivity contribution in [1.82, 2.24) is 4.90 Å². The highest BCUT2D eigenvalue weighted by molar-refractivity contribution is 9.10. The summed E-state index contributed by atoms with van der Waals surface area (Å²) in [7, 11) is 1.93. The summed E-state index contributed by atoms with van der Waals surface area (Å²) >= 11 is 3.48. The molecule has 1 aromatic heterocycles. The molecule has 0 aromatic carbocycles. The van der Waals surface area contributed by atoms with Crippen LogP contribution in [-0.2, 0) is 0 Å². The van der Waals surface area contributed by atoms with Crippen LogP contribution >= 0.6 is 15.9 Å². The van der Waals surface area contributed by atoms with Crippen molar-refractivity contribution in [3.05, 3.63) is 21.6 Å². The van der Waals surface area contributed by atoms with Crippen molar-refractivity contribution in [1.29, 1.82) is 0 Å². The Bertz CT molecular complexity index is 473. The number of aryl methyl sites for hydroxylation is 2. The van der Waals surface area contributed by atoms with E-state index in [1.807, 2.05) is 25.8 Å². The van der Waals surface area contributed by atoms with Gasteiger partial charge in [-0.3, -0.25) is 4.79 Å². The van der Waals surface area contributed by atoms with Crippen molar-refractivity contribution in [3.63, 3.8) is 0 Å². The van der Waals surface area contributed by atoms with E-state index in [-0.39, 0.29) is 5.91 Å². The van der Waals surface area contributed by atoms with Gasteiger partial charge in [0.05, 0.1) is 10.0 Å². The molecule has 1 aliphatic rings. The van der Waals surface area contributed by atoms with Gasteiger partial charge in [-0.05, 0) is 42.6 Å². The molecule has 0 atom stereocenters. The minimum absolute atomic E-state index is 0.0804. The molecular weight excluding hydrogens is 318 g/mol. The molecule has 0 aliphatic heterocycles. The highest BCUT2D eigenvalue weighted by Crippen LogP contribution is 2.30. The summed E-state index contributed by atoms with van der Waals surface area (Å²) in [5.41, 5.74) is 0.687. The molecule has 112 valence electrons. The second kappa shape index (κ2) is 6.79. The molecule has 0 N–H and O–H groups in total. The minimum Gasteiger partial charge on any atom is -0.465 e. The molecule has 0 radical (unpaired) electrons. The summed E-state index contributed by atoms with van der Waals surface area (Å²) in [6.45, 7) is 3.74. The van der Waals surface area contributed by atoms with Crippen LogP contribution in [0, 0.1) is 13.8 Å². The molecule has 1 aromatic rings. The fourth-order valence-electron chi connectivity index (χ4n) is 3.06. The molecule has 1 heterocycles. The van der Waals surface area contributed by atoms with E-state index in [0.717, 1.165) is 23.1 Å². The standard InChI is InChI=1S/C16H24BrNO2/c1-11-14(15(17)12(2)20-11)16(19)18(3)13-9-7-5-4-6-8-10-13/h13H,4-10H2,1-3H3. The number of nitrogens with zero attached hydrogens (tertiary/aromatic N) is 1. The molecular formula is C16H24BrNO2. The maximum Gasteiger partial charge on any atom is 0.258 e. The molecule has 1 saturated carbocycles. The monoisotopic (exact) mass is 341 g/mol. The molecule has 1 fully saturated rings. The molecule has 1 aliphatic carbocycles. The number of carbonyl (C=O) groups is 1. The highest BCUT2D eigenvalue weighted by atomic mass is 79.9. The Morgan fingerprint density at radius 2 is 1.65 bits per heavy atom. The third kappa shape index (κ3) is 3.27. The number of carbonyl (C=O) groups excluding carboxylic acids is 1. The van der Waals surface area contributed by atoms with E-state index in [1.54, 1.807) is 0 Å². The molecule has 0 spiro atoms. The zero-order valence-corrected chi connectivity index (χ0v) is 14.3. The van der Waals surface area contributed by atoms with Gasteiger partial charge in [0.15, 0.2) is 0 Å². The molecule has 20 heavy (non-hydrogen) atoms. The van der Waals surface area contributed by atoms with Crippen LogP contribution in [-0.4, -0.2) is 23.9 Å². The number of rotatable bonds is 2. The van der Waals surface area contributed by atoms with Crippen LogP contribution in [0.2, 0.25) is 0 Å². The SMILES string of the molecule is Cc1oc(C)c(C(=O)N(C)C2CCCCCCC2)c1Br. The van der Waals surface area contributed by atoms with Gasteiger partial charge in [0.25, 0.3) is 5.91 Å². The van der Waals surface area contributed by atoms with E-state index in [2.05, 4.69) is 15.9 Å². The van der Waals surface area contributed by atoms with E-state index in [1.165, 1.54) is 32.1 Å². The zero-order valence-electron chi connectivity index (χ0n) is 12.7. The van der Waals surface area contributed by atoms with Crippen LogP contribution < -0.4 is 0 Å². The van der Waals surface area contributed by atoms with E-state index in [0.29, 0.717) is 17.4 Å². The average molecular weight is 342 g/mol. The van der Waals surface area contributed by atoms with Crippen LogP contribution in [0.1, 0.15) is 66.8 Å². The second-order valence-corrected chi connectivity index (χ2v) is 6.61. The number of halogens is 1. The zero-order chi connectivity index (χ0) is 14.7. The van der Waals surface area contributed by atoms with Gasteiger partial charge in [0.2, 0.25) is 0 Å². The summed E-state index contributed by atoms with van der Waals surface area (Å²) in [5, 5.41) is 0. The summed E-state index contributed by atoms with van der Waals surface area (Å²) < 4.78 is 6.36. The first-order valence-corrected chi connectivity index (χ1v) is 8.34. The van der Waals surface area contributed by atoms with Gasteiger partial charge in [-0.15, -0.1) is 0 Å². The van der Waals surface area contributed by atoms with Gasteiger partial charge >= 0.3 is 0 Å². The number of furan rings is 1. The highest BCUT2D eigenvalue weighted by Gasteiger charge is 2.27. The Labute approximate surface area is 129 Å². The predicted octanol–water partition coefficient (Wildman–Crippen LogP) is 4.84. The maximum atomic E-state index is 12.7. The number of hydrogen-bond acceptors (Lipinski definition) is 2. The summed E-state index contributed by atoms with van der Waals surface area (Å²) in [5.74, 6) is 1.56. The van der Waals surface area contributed by atoms with Crippen LogP contribution in [0.4, 0.5) is 0 Å². The first-order valence-electron chi connectivity index (χ1n) is 7.55. The Morgan fingerprint density at radius 3 is 2.15 bits per heavy atom. The Balaban J connectivity index is 2.14. The van der Waals surface area contributed by atoms with Gasteiger partial charge < -0.3 is 9.32 Å². The van der Waals surface area contributed by atoms with Gasteiger partial charge in [-0.2, -0.15) is 0 Å². The smallest absolute Gasteiger partial charge is 0.258 e. The average Bonchev–Trinajstić information content (AvgIpc) is 2.61. The fourth-order valence-corrected chi connectivity index (χ4v) is 3.59. The van der Waals surface area contributed by atoms with Crippen molar-refractivity contribution >= 4 is 21.8 Å². The van der Waals surface area contributed by atoms with E-state index < -0.39 is 0 Å². The van der Waals surface area contributed by atoms with Gasteiger partial charge in [0.1, 0.15) is 11.5 Å². The van der Waals surface area contributed by atoms with Crippen LogP contribution in [0.15, 0.2) is 8.89 Å². The molecule has 0 saturated heterocycles. The first kappa shape index (κ1) is 15.6. The lowest BCUT2D eigenvalue weighted by Gasteiger charge is -2.29. The van der Waals surface area contributed by atoms with Crippen LogP contribution in [0.5, 0.6) is 0 Å². The lowest BCUT2D eigenvalue weighted by molar-refractivity contribution is 0.0704. The van der Waals surface area contributed by atoms with Crippen LogP contribution in [0.25, 0.3) is 0 Å². The first-order chi connectivity index (χ1) is 9.52. The van der Waals surface area contributed by atoms with Crippen molar-refractivity contribution < 1.29 is 9.21 Å². The molecule has 1 amide bonds. The minimum atomic E-state index is 0.0804. The fraction of sp³-hybridized carbons (Fsp3) is 0.688. The van der Waals surface area contributed by atoms with E-state index >= 15 is 0 Å². The normalized spacial score (nSPS) is 17.6. The Morgan fingerprint density at radius 1 is 1.10 bits per heavy atom. The van der Waals surface area contributed by atoms with Gasteiger partial charge in [0, 0.05) is 13.1 Å².